The molecule has 2 aliphatic heterocycles. The molecule has 1 aromatic heterocycles. The quantitative estimate of drug-likeness (QED) is 0.670. The second-order valence-electron chi connectivity index (χ2n) is 8.55. The van der Waals surface area contributed by atoms with E-state index in [2.05, 4.69) is 10.6 Å². The van der Waals surface area contributed by atoms with Crippen LogP contribution in [0, 0.1) is 0 Å². The van der Waals surface area contributed by atoms with Crippen LogP contribution in [-0.2, 0) is 24.2 Å². The predicted octanol–water partition coefficient (Wildman–Crippen LogP) is 2.34. The molecule has 0 saturated carbocycles. The molecule has 0 radical (unpaired) electrons. The maximum atomic E-state index is 13.4. The molecule has 2 aliphatic rings. The standard InChI is InChI=1S/C23H27N3O5S2/c1-14-13-18(17-10-12-32-23(17)33(14,30)31)25-21(28)19-9-6-11-26(19)22(29)20(24-15(2)27)16-7-4-3-5-8-16/h3-5,7-8,10,12,14,18-20H,6,9,11,13H2,1-2H3,(H,24,27)(H,25,28)/t14-,18-,19?,20?/m0/s1. The number of carbonyl (C=O) groups is 3. The average Bonchev–Trinajstić information content (AvgIpc) is 3.46. The van der Waals surface area contributed by atoms with Gasteiger partial charge in [0.15, 0.2) is 9.84 Å². The lowest BCUT2D eigenvalue weighted by molar-refractivity contribution is -0.141. The summed E-state index contributed by atoms with van der Waals surface area (Å²) in [5.41, 5.74) is 1.26. The fourth-order valence-corrected chi connectivity index (χ4v) is 7.80. The maximum Gasteiger partial charge on any atom is 0.250 e. The summed E-state index contributed by atoms with van der Waals surface area (Å²) in [6.45, 7) is 3.42. The molecule has 10 heteroatoms. The van der Waals surface area contributed by atoms with Gasteiger partial charge in [-0.15, -0.1) is 11.3 Å². The lowest BCUT2D eigenvalue weighted by Crippen LogP contribution is -2.51. The van der Waals surface area contributed by atoms with E-state index in [0.29, 0.717) is 34.7 Å². The average molecular weight is 490 g/mol. The zero-order valence-electron chi connectivity index (χ0n) is 18.5. The second kappa shape index (κ2) is 9.26. The lowest BCUT2D eigenvalue weighted by atomic mass is 10.0. The number of likely N-dealkylation sites (tertiary alicyclic amines) is 1. The number of hydrogen-bond donors (Lipinski definition) is 2. The number of benzene rings is 1. The summed E-state index contributed by atoms with van der Waals surface area (Å²) in [7, 11) is -3.38. The molecule has 1 aromatic carbocycles. The number of sulfone groups is 1. The molecule has 4 rings (SSSR count). The Bertz CT molecular complexity index is 1160. The number of hydrogen-bond acceptors (Lipinski definition) is 6. The fraction of sp³-hybridized carbons (Fsp3) is 0.435. The zero-order chi connectivity index (χ0) is 23.8. The van der Waals surface area contributed by atoms with E-state index < -0.39 is 33.2 Å². The molecule has 0 bridgehead atoms. The Morgan fingerprint density at radius 3 is 2.58 bits per heavy atom. The molecule has 33 heavy (non-hydrogen) atoms. The molecular weight excluding hydrogens is 462 g/mol. The Kier molecular flexibility index (Phi) is 6.58. The van der Waals surface area contributed by atoms with Gasteiger partial charge < -0.3 is 15.5 Å². The number of amides is 3. The van der Waals surface area contributed by atoms with Gasteiger partial charge in [0, 0.05) is 19.0 Å². The van der Waals surface area contributed by atoms with Crippen molar-refractivity contribution in [1.29, 1.82) is 0 Å². The van der Waals surface area contributed by atoms with Crippen LogP contribution in [0.1, 0.15) is 56.3 Å². The van der Waals surface area contributed by atoms with Crippen LogP contribution in [0.15, 0.2) is 46.0 Å². The first-order chi connectivity index (χ1) is 15.7. The van der Waals surface area contributed by atoms with Crippen LogP contribution in [-0.4, -0.2) is 48.9 Å². The van der Waals surface area contributed by atoms with E-state index in [1.807, 2.05) is 6.07 Å². The second-order valence-corrected chi connectivity index (χ2v) is 12.0. The van der Waals surface area contributed by atoms with Crippen molar-refractivity contribution < 1.29 is 22.8 Å². The molecule has 3 amide bonds. The largest absolute Gasteiger partial charge is 0.347 e. The smallest absolute Gasteiger partial charge is 0.250 e. The summed E-state index contributed by atoms with van der Waals surface area (Å²) in [6, 6.07) is 8.73. The van der Waals surface area contributed by atoms with Crippen molar-refractivity contribution in [2.45, 2.75) is 60.7 Å². The van der Waals surface area contributed by atoms with Gasteiger partial charge in [0.25, 0.3) is 0 Å². The third-order valence-corrected chi connectivity index (χ3v) is 9.98. The summed E-state index contributed by atoms with van der Waals surface area (Å²) < 4.78 is 25.5. The first-order valence-electron chi connectivity index (χ1n) is 10.9. The highest BCUT2D eigenvalue weighted by Gasteiger charge is 2.42. The van der Waals surface area contributed by atoms with Gasteiger partial charge in [0.2, 0.25) is 17.7 Å². The molecule has 2 N–H and O–H groups in total. The van der Waals surface area contributed by atoms with Gasteiger partial charge in [0.1, 0.15) is 16.3 Å². The molecular formula is C23H27N3O5S2. The van der Waals surface area contributed by atoms with Crippen molar-refractivity contribution >= 4 is 38.9 Å². The maximum absolute atomic E-state index is 13.4. The molecule has 4 atom stereocenters. The third kappa shape index (κ3) is 4.54. The van der Waals surface area contributed by atoms with E-state index in [4.69, 9.17) is 0 Å². The van der Waals surface area contributed by atoms with Crippen LogP contribution in [0.3, 0.4) is 0 Å². The molecule has 1 saturated heterocycles. The van der Waals surface area contributed by atoms with E-state index >= 15 is 0 Å². The highest BCUT2D eigenvalue weighted by atomic mass is 32.2. The molecule has 2 unspecified atom stereocenters. The van der Waals surface area contributed by atoms with E-state index in [9.17, 15) is 22.8 Å². The molecule has 0 aliphatic carbocycles. The van der Waals surface area contributed by atoms with Gasteiger partial charge >= 0.3 is 0 Å². The summed E-state index contributed by atoms with van der Waals surface area (Å²) >= 11 is 1.17. The Balaban J connectivity index is 1.54. The van der Waals surface area contributed by atoms with Crippen molar-refractivity contribution in [2.75, 3.05) is 6.54 Å². The van der Waals surface area contributed by atoms with Crippen molar-refractivity contribution in [3.63, 3.8) is 0 Å². The Morgan fingerprint density at radius 2 is 1.88 bits per heavy atom. The monoisotopic (exact) mass is 489 g/mol. The van der Waals surface area contributed by atoms with E-state index in [1.54, 1.807) is 42.6 Å². The number of nitrogens with one attached hydrogen (secondary N) is 2. The summed E-state index contributed by atoms with van der Waals surface area (Å²) in [5, 5.41) is 6.83. The molecule has 176 valence electrons. The highest BCUT2D eigenvalue weighted by Crippen LogP contribution is 2.39. The summed E-state index contributed by atoms with van der Waals surface area (Å²) in [5.74, 6) is -0.964. The van der Waals surface area contributed by atoms with E-state index in [-0.39, 0.29) is 24.1 Å². The number of fused-ring (bicyclic) bond motifs is 1. The molecule has 1 fully saturated rings. The van der Waals surface area contributed by atoms with Crippen molar-refractivity contribution in [1.82, 2.24) is 15.5 Å². The number of thiophene rings is 1. The van der Waals surface area contributed by atoms with Crippen LogP contribution in [0.5, 0.6) is 0 Å². The minimum absolute atomic E-state index is 0.289. The van der Waals surface area contributed by atoms with Crippen LogP contribution >= 0.6 is 11.3 Å². The van der Waals surface area contributed by atoms with Crippen molar-refractivity contribution in [3.05, 3.63) is 52.9 Å². The van der Waals surface area contributed by atoms with Gasteiger partial charge in [-0.3, -0.25) is 14.4 Å². The number of rotatable bonds is 5. The van der Waals surface area contributed by atoms with Gasteiger partial charge in [-0.25, -0.2) is 8.42 Å². The first-order valence-corrected chi connectivity index (χ1v) is 13.4. The van der Waals surface area contributed by atoms with Gasteiger partial charge in [-0.2, -0.15) is 0 Å². The van der Waals surface area contributed by atoms with E-state index in [1.165, 1.54) is 23.2 Å². The van der Waals surface area contributed by atoms with Crippen LogP contribution in [0.4, 0.5) is 0 Å². The zero-order valence-corrected chi connectivity index (χ0v) is 20.1. The number of nitrogens with zero attached hydrogens (tertiary/aromatic N) is 1. The summed E-state index contributed by atoms with van der Waals surface area (Å²) in [4.78, 5) is 40.0. The normalized spacial score (nSPS) is 24.5. The molecule has 8 nitrogen and oxygen atoms in total. The Hall–Kier alpha value is -2.72. The Morgan fingerprint density at radius 1 is 1.15 bits per heavy atom. The van der Waals surface area contributed by atoms with Crippen LogP contribution < -0.4 is 10.6 Å². The SMILES string of the molecule is CC(=O)NC(C(=O)N1CCCC1C(=O)N[C@H]1C[C@H](C)S(=O)(=O)c2sccc21)c1ccccc1. The summed E-state index contributed by atoms with van der Waals surface area (Å²) in [6.07, 6.45) is 1.47. The fourth-order valence-electron chi connectivity index (χ4n) is 4.57. The van der Waals surface area contributed by atoms with Gasteiger partial charge in [0.05, 0.1) is 11.3 Å². The molecule has 2 aromatic rings. The minimum atomic E-state index is -3.38. The molecule has 0 spiro atoms. The molecule has 3 heterocycles. The van der Waals surface area contributed by atoms with Crippen molar-refractivity contribution in [3.8, 4) is 0 Å². The lowest BCUT2D eigenvalue weighted by Gasteiger charge is -2.32. The van der Waals surface area contributed by atoms with E-state index in [0.717, 1.165) is 0 Å². The topological polar surface area (TPSA) is 113 Å². The van der Waals surface area contributed by atoms with Gasteiger partial charge in [-0.1, -0.05) is 30.3 Å². The Labute approximate surface area is 197 Å². The van der Waals surface area contributed by atoms with Crippen molar-refractivity contribution in [2.24, 2.45) is 0 Å². The highest BCUT2D eigenvalue weighted by molar-refractivity contribution is 7.94. The minimum Gasteiger partial charge on any atom is -0.347 e. The predicted molar refractivity (Wildman–Crippen MR) is 124 cm³/mol. The third-order valence-electron chi connectivity index (χ3n) is 6.27. The van der Waals surface area contributed by atoms with Crippen LogP contribution in [0.25, 0.3) is 0 Å². The first kappa shape index (κ1) is 23.4. The number of carbonyl (C=O) groups excluding carboxylic acids is 3. The van der Waals surface area contributed by atoms with Crippen LogP contribution in [0.2, 0.25) is 0 Å². The van der Waals surface area contributed by atoms with Gasteiger partial charge in [-0.05, 0) is 43.2 Å².